The van der Waals surface area contributed by atoms with Gasteiger partial charge in [0.05, 0.1) is 37.8 Å². The SMILES string of the molecule is Cc1cccc2[nH]c(C(=O)NCc3cncc(N4CCOC(C(N)=O)C4)n3)cc12. The molecule has 3 aromatic rings. The van der Waals surface area contributed by atoms with Gasteiger partial charge in [0.1, 0.15) is 11.5 Å². The van der Waals surface area contributed by atoms with Crippen LogP contribution in [0.2, 0.25) is 0 Å². The topological polar surface area (TPSA) is 126 Å². The van der Waals surface area contributed by atoms with E-state index < -0.39 is 12.0 Å². The van der Waals surface area contributed by atoms with Gasteiger partial charge in [0.15, 0.2) is 6.10 Å². The van der Waals surface area contributed by atoms with E-state index in [0.29, 0.717) is 36.9 Å². The minimum atomic E-state index is -0.667. The Balaban J connectivity index is 1.43. The van der Waals surface area contributed by atoms with Crippen molar-refractivity contribution in [2.24, 2.45) is 5.73 Å². The number of aromatic amines is 1. The Labute approximate surface area is 167 Å². The Morgan fingerprint density at radius 1 is 1.38 bits per heavy atom. The van der Waals surface area contributed by atoms with E-state index in [2.05, 4.69) is 20.3 Å². The Kier molecular flexibility index (Phi) is 5.13. The number of nitrogens with zero attached hydrogens (tertiary/aromatic N) is 3. The molecule has 2 aromatic heterocycles. The summed E-state index contributed by atoms with van der Waals surface area (Å²) >= 11 is 0. The number of nitrogens with two attached hydrogens (primary N) is 1. The average molecular weight is 394 g/mol. The van der Waals surface area contributed by atoms with Crippen LogP contribution in [0.25, 0.3) is 10.9 Å². The van der Waals surface area contributed by atoms with Gasteiger partial charge >= 0.3 is 0 Å². The van der Waals surface area contributed by atoms with Gasteiger partial charge in [-0.25, -0.2) is 4.98 Å². The molecule has 1 aliphatic heterocycles. The highest BCUT2D eigenvalue weighted by atomic mass is 16.5. The minimum absolute atomic E-state index is 0.215. The van der Waals surface area contributed by atoms with E-state index >= 15 is 0 Å². The van der Waals surface area contributed by atoms with Gasteiger partial charge < -0.3 is 25.7 Å². The lowest BCUT2D eigenvalue weighted by molar-refractivity contribution is -0.130. The summed E-state index contributed by atoms with van der Waals surface area (Å²) in [6.07, 6.45) is 2.56. The second-order valence-electron chi connectivity index (χ2n) is 6.98. The van der Waals surface area contributed by atoms with Gasteiger partial charge in [-0.2, -0.15) is 0 Å². The monoisotopic (exact) mass is 394 g/mol. The molecule has 9 nitrogen and oxygen atoms in total. The maximum atomic E-state index is 12.5. The Hall–Kier alpha value is -3.46. The number of amides is 2. The number of morpholine rings is 1. The van der Waals surface area contributed by atoms with Crippen molar-refractivity contribution in [1.29, 1.82) is 0 Å². The van der Waals surface area contributed by atoms with Gasteiger partial charge in [-0.15, -0.1) is 0 Å². The highest BCUT2D eigenvalue weighted by Crippen LogP contribution is 2.19. The molecule has 1 fully saturated rings. The van der Waals surface area contributed by atoms with Crippen LogP contribution in [-0.2, 0) is 16.1 Å². The van der Waals surface area contributed by atoms with Crippen LogP contribution in [0.15, 0.2) is 36.7 Å². The molecular formula is C20H22N6O3. The number of aromatic nitrogens is 3. The number of fused-ring (bicyclic) bond motifs is 1. The third-order valence-corrected chi connectivity index (χ3v) is 4.94. The lowest BCUT2D eigenvalue weighted by Crippen LogP contribution is -2.48. The van der Waals surface area contributed by atoms with Crippen LogP contribution in [0, 0.1) is 6.92 Å². The number of hydrogen-bond acceptors (Lipinski definition) is 6. The Bertz CT molecular complexity index is 1060. The second-order valence-corrected chi connectivity index (χ2v) is 6.98. The number of aryl methyl sites for hydroxylation is 1. The van der Waals surface area contributed by atoms with Gasteiger partial charge in [0.25, 0.3) is 5.91 Å². The van der Waals surface area contributed by atoms with Crippen LogP contribution >= 0.6 is 0 Å². The first-order chi connectivity index (χ1) is 14.0. The summed E-state index contributed by atoms with van der Waals surface area (Å²) < 4.78 is 5.36. The van der Waals surface area contributed by atoms with Crippen molar-refractivity contribution in [3.05, 3.63) is 53.6 Å². The zero-order chi connectivity index (χ0) is 20.4. The fourth-order valence-electron chi connectivity index (χ4n) is 3.36. The van der Waals surface area contributed by atoms with Gasteiger partial charge in [-0.05, 0) is 24.6 Å². The predicted molar refractivity (Wildman–Crippen MR) is 107 cm³/mol. The standard InChI is InChI=1S/C20H22N6O3/c1-12-3-2-4-15-14(12)7-16(25-15)20(28)23-9-13-8-22-10-18(24-13)26-5-6-29-17(11-26)19(21)27/h2-4,7-8,10,17,25H,5-6,9,11H2,1H3,(H2,21,27)(H,23,28). The second kappa shape index (κ2) is 7.88. The van der Waals surface area contributed by atoms with Crippen molar-refractivity contribution < 1.29 is 14.3 Å². The molecule has 4 rings (SSSR count). The van der Waals surface area contributed by atoms with Crippen molar-refractivity contribution in [3.8, 4) is 0 Å². The summed E-state index contributed by atoms with van der Waals surface area (Å²) in [6.45, 7) is 3.54. The maximum Gasteiger partial charge on any atom is 0.268 e. The maximum absolute atomic E-state index is 12.5. The van der Waals surface area contributed by atoms with E-state index in [0.717, 1.165) is 16.5 Å². The van der Waals surface area contributed by atoms with Crippen LogP contribution in [0.5, 0.6) is 0 Å². The molecule has 29 heavy (non-hydrogen) atoms. The molecule has 0 aliphatic carbocycles. The zero-order valence-corrected chi connectivity index (χ0v) is 16.0. The Morgan fingerprint density at radius 2 is 2.24 bits per heavy atom. The summed E-state index contributed by atoms with van der Waals surface area (Å²) in [4.78, 5) is 37.7. The summed E-state index contributed by atoms with van der Waals surface area (Å²) in [5.41, 5.74) is 8.48. The average Bonchev–Trinajstić information content (AvgIpc) is 3.18. The third kappa shape index (κ3) is 4.04. The molecule has 150 valence electrons. The number of carbonyl (C=O) groups is 2. The number of hydrogen-bond donors (Lipinski definition) is 3. The number of H-pyrrole nitrogens is 1. The van der Waals surface area contributed by atoms with Crippen molar-refractivity contribution in [2.75, 3.05) is 24.6 Å². The van der Waals surface area contributed by atoms with Gasteiger partial charge in [0, 0.05) is 17.4 Å². The van der Waals surface area contributed by atoms with E-state index in [1.807, 2.05) is 36.1 Å². The van der Waals surface area contributed by atoms with Crippen molar-refractivity contribution >= 4 is 28.5 Å². The number of carbonyl (C=O) groups excluding carboxylic acids is 2. The number of anilines is 1. The first-order valence-corrected chi connectivity index (χ1v) is 9.34. The fraction of sp³-hybridized carbons (Fsp3) is 0.300. The molecule has 1 atom stereocenters. The summed E-state index contributed by atoms with van der Waals surface area (Å²) in [5.74, 6) is -0.0971. The summed E-state index contributed by atoms with van der Waals surface area (Å²) in [7, 11) is 0. The third-order valence-electron chi connectivity index (χ3n) is 4.94. The molecule has 2 amide bonds. The molecule has 0 bridgehead atoms. The van der Waals surface area contributed by atoms with E-state index in [4.69, 9.17) is 10.5 Å². The molecule has 1 unspecified atom stereocenters. The molecule has 1 saturated heterocycles. The normalized spacial score (nSPS) is 16.7. The smallest absolute Gasteiger partial charge is 0.268 e. The van der Waals surface area contributed by atoms with Crippen molar-refractivity contribution in [2.45, 2.75) is 19.6 Å². The first-order valence-electron chi connectivity index (χ1n) is 9.34. The molecule has 3 heterocycles. The van der Waals surface area contributed by atoms with Crippen LogP contribution in [-0.4, -0.2) is 52.6 Å². The Morgan fingerprint density at radius 3 is 3.03 bits per heavy atom. The van der Waals surface area contributed by atoms with E-state index in [1.54, 1.807) is 12.4 Å². The van der Waals surface area contributed by atoms with Crippen LogP contribution in [0.4, 0.5) is 5.82 Å². The largest absolute Gasteiger partial charge is 0.367 e. The van der Waals surface area contributed by atoms with E-state index in [9.17, 15) is 9.59 Å². The number of ether oxygens (including phenoxy) is 1. The predicted octanol–water partition coefficient (Wildman–Crippen LogP) is 0.887. The minimum Gasteiger partial charge on any atom is -0.367 e. The summed E-state index contributed by atoms with van der Waals surface area (Å²) in [5, 5.41) is 3.89. The van der Waals surface area contributed by atoms with Gasteiger partial charge in [0.2, 0.25) is 5.91 Å². The van der Waals surface area contributed by atoms with E-state index in [1.165, 1.54) is 0 Å². The number of rotatable bonds is 5. The first kappa shape index (κ1) is 18.9. The van der Waals surface area contributed by atoms with E-state index in [-0.39, 0.29) is 12.5 Å². The summed E-state index contributed by atoms with van der Waals surface area (Å²) in [6, 6.07) is 7.74. The molecule has 1 aliphatic rings. The number of benzene rings is 1. The van der Waals surface area contributed by atoms with Gasteiger partial charge in [-0.1, -0.05) is 12.1 Å². The molecule has 9 heteroatoms. The zero-order valence-electron chi connectivity index (χ0n) is 16.0. The lowest BCUT2D eigenvalue weighted by Gasteiger charge is -2.32. The highest BCUT2D eigenvalue weighted by molar-refractivity contribution is 5.98. The van der Waals surface area contributed by atoms with Gasteiger partial charge in [-0.3, -0.25) is 14.6 Å². The number of nitrogens with one attached hydrogen (secondary N) is 2. The van der Waals surface area contributed by atoms with Crippen LogP contribution in [0.1, 0.15) is 21.7 Å². The fourth-order valence-corrected chi connectivity index (χ4v) is 3.36. The quantitative estimate of drug-likeness (QED) is 0.590. The molecule has 4 N–H and O–H groups in total. The number of primary amides is 1. The highest BCUT2D eigenvalue weighted by Gasteiger charge is 2.25. The lowest BCUT2D eigenvalue weighted by atomic mass is 10.1. The molecule has 0 spiro atoms. The molecule has 1 aromatic carbocycles. The molecule has 0 saturated carbocycles. The molecule has 0 radical (unpaired) electrons. The van der Waals surface area contributed by atoms with Crippen molar-refractivity contribution in [1.82, 2.24) is 20.3 Å². The van der Waals surface area contributed by atoms with Crippen LogP contribution in [0.3, 0.4) is 0 Å². The van der Waals surface area contributed by atoms with Crippen LogP contribution < -0.4 is 16.0 Å². The molecular weight excluding hydrogens is 372 g/mol. The van der Waals surface area contributed by atoms with Crippen molar-refractivity contribution in [3.63, 3.8) is 0 Å².